The topological polar surface area (TPSA) is 105 Å². The summed E-state index contributed by atoms with van der Waals surface area (Å²) in [6.07, 6.45) is 6.73. The summed E-state index contributed by atoms with van der Waals surface area (Å²) in [6, 6.07) is 11.8. The van der Waals surface area contributed by atoms with Crippen LogP contribution in [0.15, 0.2) is 47.7 Å². The molecule has 7 heteroatoms. The minimum Gasteiger partial charge on any atom is -0.381 e. The van der Waals surface area contributed by atoms with Crippen molar-refractivity contribution in [3.8, 4) is 17.2 Å². The SMILES string of the molecule is N#Cc1cncc(-c2cccc(C3(C4CC4)N=C(N)N(C4CCOCC4)C3=O)c2)c1. The van der Waals surface area contributed by atoms with Gasteiger partial charge >= 0.3 is 0 Å². The molecule has 5 rings (SSSR count). The fourth-order valence-corrected chi connectivity index (χ4v) is 4.65. The van der Waals surface area contributed by atoms with Crippen molar-refractivity contribution in [3.63, 3.8) is 0 Å². The third kappa shape index (κ3) is 2.96. The van der Waals surface area contributed by atoms with Crippen LogP contribution >= 0.6 is 0 Å². The van der Waals surface area contributed by atoms with Crippen molar-refractivity contribution in [2.45, 2.75) is 37.3 Å². The summed E-state index contributed by atoms with van der Waals surface area (Å²) in [7, 11) is 0. The van der Waals surface area contributed by atoms with Crippen molar-refractivity contribution in [3.05, 3.63) is 53.9 Å². The zero-order valence-corrected chi connectivity index (χ0v) is 16.6. The van der Waals surface area contributed by atoms with E-state index in [0.29, 0.717) is 24.7 Å². The summed E-state index contributed by atoms with van der Waals surface area (Å²) < 4.78 is 5.46. The van der Waals surface area contributed by atoms with Crippen LogP contribution in [0.1, 0.15) is 36.8 Å². The van der Waals surface area contributed by atoms with E-state index in [4.69, 9.17) is 15.5 Å². The Morgan fingerprint density at radius 1 is 1.13 bits per heavy atom. The molecule has 1 atom stereocenters. The summed E-state index contributed by atoms with van der Waals surface area (Å²) in [5.41, 5.74) is 8.47. The fourth-order valence-electron chi connectivity index (χ4n) is 4.65. The smallest absolute Gasteiger partial charge is 0.262 e. The van der Waals surface area contributed by atoms with Crippen LogP contribution < -0.4 is 5.73 Å². The molecule has 1 unspecified atom stereocenters. The standard InChI is InChI=1S/C23H23N5O2/c24-12-15-10-17(14-26-13-15)16-2-1-3-19(11-16)23(18-4-5-18)21(29)28(22(25)27-23)20-6-8-30-9-7-20/h1-3,10-11,13-14,18,20H,4-9H2,(H2,25,27). The summed E-state index contributed by atoms with van der Waals surface area (Å²) in [6.45, 7) is 1.27. The quantitative estimate of drug-likeness (QED) is 0.848. The van der Waals surface area contributed by atoms with Crippen LogP contribution in [-0.4, -0.2) is 41.0 Å². The number of carbonyl (C=O) groups is 1. The van der Waals surface area contributed by atoms with E-state index in [0.717, 1.165) is 42.4 Å². The van der Waals surface area contributed by atoms with E-state index >= 15 is 0 Å². The summed E-state index contributed by atoms with van der Waals surface area (Å²) >= 11 is 0. The highest BCUT2D eigenvalue weighted by Crippen LogP contribution is 2.52. The molecule has 0 spiro atoms. The Morgan fingerprint density at radius 3 is 2.67 bits per heavy atom. The van der Waals surface area contributed by atoms with Crippen molar-refractivity contribution in [1.29, 1.82) is 5.26 Å². The first-order valence-electron chi connectivity index (χ1n) is 10.4. The first-order valence-corrected chi connectivity index (χ1v) is 10.4. The fraction of sp³-hybridized carbons (Fsp3) is 0.391. The molecule has 1 saturated carbocycles. The molecule has 2 N–H and O–H groups in total. The molecule has 1 amide bonds. The molecule has 3 heterocycles. The van der Waals surface area contributed by atoms with Gasteiger partial charge in [-0.3, -0.25) is 14.7 Å². The van der Waals surface area contributed by atoms with Gasteiger partial charge in [0.1, 0.15) is 6.07 Å². The predicted molar refractivity (Wildman–Crippen MR) is 111 cm³/mol. The van der Waals surface area contributed by atoms with E-state index in [9.17, 15) is 10.1 Å². The van der Waals surface area contributed by atoms with Gasteiger partial charge in [-0.1, -0.05) is 18.2 Å². The maximum absolute atomic E-state index is 13.8. The summed E-state index contributed by atoms with van der Waals surface area (Å²) in [5, 5.41) is 9.19. The average Bonchev–Trinajstić information content (AvgIpc) is 3.60. The van der Waals surface area contributed by atoms with Gasteiger partial charge in [0, 0.05) is 37.2 Å². The van der Waals surface area contributed by atoms with Crippen molar-refractivity contribution in [2.75, 3.05) is 13.2 Å². The number of nitriles is 1. The first-order chi connectivity index (χ1) is 14.6. The molecule has 1 aromatic carbocycles. The minimum atomic E-state index is -0.960. The number of aromatic nitrogens is 1. The highest BCUT2D eigenvalue weighted by molar-refractivity contribution is 6.08. The molecule has 1 aromatic heterocycles. The minimum absolute atomic E-state index is 0.0181. The van der Waals surface area contributed by atoms with Crippen molar-refractivity contribution < 1.29 is 9.53 Å². The van der Waals surface area contributed by atoms with Gasteiger partial charge in [0.25, 0.3) is 5.91 Å². The van der Waals surface area contributed by atoms with Gasteiger partial charge in [-0.25, -0.2) is 4.99 Å². The third-order valence-corrected chi connectivity index (χ3v) is 6.31. The Hall–Kier alpha value is -3.24. The highest BCUT2D eigenvalue weighted by atomic mass is 16.5. The maximum atomic E-state index is 13.8. The molecular formula is C23H23N5O2. The van der Waals surface area contributed by atoms with Gasteiger partial charge in [-0.15, -0.1) is 0 Å². The Morgan fingerprint density at radius 2 is 1.93 bits per heavy atom. The number of aliphatic imine (C=N–C) groups is 1. The number of amides is 1. The van der Waals surface area contributed by atoms with E-state index in [1.165, 1.54) is 6.20 Å². The molecule has 7 nitrogen and oxygen atoms in total. The third-order valence-electron chi connectivity index (χ3n) is 6.31. The van der Waals surface area contributed by atoms with Crippen LogP contribution in [0, 0.1) is 17.2 Å². The van der Waals surface area contributed by atoms with E-state index in [-0.39, 0.29) is 17.9 Å². The lowest BCUT2D eigenvalue weighted by molar-refractivity contribution is -0.135. The zero-order chi connectivity index (χ0) is 20.7. The second-order valence-electron chi connectivity index (χ2n) is 8.18. The summed E-state index contributed by atoms with van der Waals surface area (Å²) in [5.74, 6) is 0.458. The number of guanidine groups is 1. The lowest BCUT2D eigenvalue weighted by Gasteiger charge is -2.33. The highest BCUT2D eigenvalue weighted by Gasteiger charge is 2.59. The number of carbonyl (C=O) groups excluding carboxylic acids is 1. The normalized spacial score (nSPS) is 24.6. The number of nitrogens with zero attached hydrogens (tertiary/aromatic N) is 4. The molecular weight excluding hydrogens is 378 g/mol. The van der Waals surface area contributed by atoms with Crippen LogP contribution in [0.2, 0.25) is 0 Å². The number of ether oxygens (including phenoxy) is 1. The van der Waals surface area contributed by atoms with Gasteiger partial charge < -0.3 is 10.5 Å². The Kier molecular flexibility index (Phi) is 4.52. The number of hydrogen-bond donors (Lipinski definition) is 1. The van der Waals surface area contributed by atoms with Gasteiger partial charge in [0.05, 0.1) is 5.56 Å². The second kappa shape index (κ2) is 7.22. The maximum Gasteiger partial charge on any atom is 0.262 e. The molecule has 1 aliphatic carbocycles. The van der Waals surface area contributed by atoms with Gasteiger partial charge in [0.15, 0.2) is 11.5 Å². The van der Waals surface area contributed by atoms with Gasteiger partial charge in [0.2, 0.25) is 0 Å². The molecule has 2 aromatic rings. The number of benzene rings is 1. The van der Waals surface area contributed by atoms with Gasteiger partial charge in [-0.2, -0.15) is 5.26 Å². The van der Waals surface area contributed by atoms with Crippen LogP contribution in [0.4, 0.5) is 0 Å². The Bertz CT molecular complexity index is 1070. The summed E-state index contributed by atoms with van der Waals surface area (Å²) in [4.78, 5) is 24.5. The molecule has 152 valence electrons. The van der Waals surface area contributed by atoms with Crippen molar-refractivity contribution in [2.24, 2.45) is 16.6 Å². The Balaban J connectivity index is 1.56. The number of nitrogens with two attached hydrogens (primary N) is 1. The largest absolute Gasteiger partial charge is 0.381 e. The monoisotopic (exact) mass is 401 g/mol. The lowest BCUT2D eigenvalue weighted by Crippen LogP contribution is -2.51. The van der Waals surface area contributed by atoms with Crippen LogP contribution in [0.5, 0.6) is 0 Å². The Labute approximate surface area is 175 Å². The van der Waals surface area contributed by atoms with E-state index < -0.39 is 5.54 Å². The number of rotatable bonds is 4. The van der Waals surface area contributed by atoms with Gasteiger partial charge in [-0.05, 0) is 54.9 Å². The van der Waals surface area contributed by atoms with E-state index in [1.54, 1.807) is 17.2 Å². The molecule has 3 aliphatic rings. The van der Waals surface area contributed by atoms with E-state index in [2.05, 4.69) is 11.1 Å². The second-order valence-corrected chi connectivity index (χ2v) is 8.18. The first kappa shape index (κ1) is 18.8. The lowest BCUT2D eigenvalue weighted by atomic mass is 9.83. The number of hydrogen-bond acceptors (Lipinski definition) is 6. The molecule has 30 heavy (non-hydrogen) atoms. The average molecular weight is 401 g/mol. The van der Waals surface area contributed by atoms with Crippen molar-refractivity contribution in [1.82, 2.24) is 9.88 Å². The van der Waals surface area contributed by atoms with E-state index in [1.807, 2.05) is 24.3 Å². The predicted octanol–water partition coefficient (Wildman–Crippen LogP) is 2.56. The van der Waals surface area contributed by atoms with Crippen LogP contribution in [-0.2, 0) is 15.1 Å². The molecule has 2 fully saturated rings. The van der Waals surface area contributed by atoms with Crippen molar-refractivity contribution >= 4 is 11.9 Å². The number of pyridine rings is 1. The molecule has 1 saturated heterocycles. The molecule has 0 radical (unpaired) electrons. The molecule has 2 aliphatic heterocycles. The van der Waals surface area contributed by atoms with Crippen LogP contribution in [0.25, 0.3) is 11.1 Å². The molecule has 0 bridgehead atoms. The van der Waals surface area contributed by atoms with Crippen LogP contribution in [0.3, 0.4) is 0 Å². The zero-order valence-electron chi connectivity index (χ0n) is 16.6.